The molecule has 2 aromatic rings. The lowest BCUT2D eigenvalue weighted by molar-refractivity contribution is -0.117. The van der Waals surface area contributed by atoms with E-state index in [0.717, 1.165) is 17.1 Å². The summed E-state index contributed by atoms with van der Waals surface area (Å²) in [6.45, 7) is 1.56. The topological polar surface area (TPSA) is 112 Å². The van der Waals surface area contributed by atoms with Gasteiger partial charge in [0, 0.05) is 5.02 Å². The molecule has 1 unspecified atom stereocenters. The third kappa shape index (κ3) is 4.18. The molecule has 0 aliphatic carbocycles. The van der Waals surface area contributed by atoms with E-state index in [1.165, 1.54) is 12.1 Å². The van der Waals surface area contributed by atoms with Crippen LogP contribution < -0.4 is 5.01 Å². The summed E-state index contributed by atoms with van der Waals surface area (Å²) in [5.74, 6) is -0.603. The fraction of sp³-hybridized carbons (Fsp3) is 0.125. The summed E-state index contributed by atoms with van der Waals surface area (Å²) in [4.78, 5) is 12.3. The monoisotopic (exact) mass is 460 g/mol. The molecule has 0 saturated heterocycles. The molecule has 1 aliphatic heterocycles. The van der Waals surface area contributed by atoms with E-state index in [9.17, 15) is 17.8 Å². The van der Waals surface area contributed by atoms with Crippen molar-refractivity contribution in [3.8, 4) is 0 Å². The molecule has 1 heterocycles. The normalized spacial score (nSPS) is 17.5. The molecular formula is C16H11Cl3N4O4S. The largest absolute Gasteiger partial charge is 0.294 e. The molecule has 0 bridgehead atoms. The molecule has 0 spiro atoms. The number of hydrogen-bond donors (Lipinski definition) is 1. The second kappa shape index (κ2) is 7.76. The number of rotatable bonds is 4. The Bertz CT molecular complexity index is 1130. The van der Waals surface area contributed by atoms with Crippen LogP contribution in [0.3, 0.4) is 0 Å². The van der Waals surface area contributed by atoms with Crippen LogP contribution in [0, 0.1) is 0 Å². The SMILES string of the molecule is CC1=NN(c2cc(S(=O)(=O)O)ccc2Cl)C(=O)C1N=Nc1cc(Cl)ccc1Cl. The van der Waals surface area contributed by atoms with Gasteiger partial charge in [-0.1, -0.05) is 34.8 Å². The van der Waals surface area contributed by atoms with Crippen LogP contribution in [-0.4, -0.2) is 30.6 Å². The number of anilines is 1. The van der Waals surface area contributed by atoms with Gasteiger partial charge in [0.25, 0.3) is 16.0 Å². The number of carbonyl (C=O) groups excluding carboxylic acids is 1. The number of hydrazone groups is 1. The first-order valence-corrected chi connectivity index (χ1v) is 10.2. The summed E-state index contributed by atoms with van der Waals surface area (Å²) in [5, 5.41) is 13.7. The van der Waals surface area contributed by atoms with Crippen molar-refractivity contribution in [1.82, 2.24) is 0 Å². The van der Waals surface area contributed by atoms with Gasteiger partial charge in [-0.25, -0.2) is 0 Å². The summed E-state index contributed by atoms with van der Waals surface area (Å²) < 4.78 is 31.9. The lowest BCUT2D eigenvalue weighted by atomic mass is 10.2. The Morgan fingerprint density at radius 2 is 1.79 bits per heavy atom. The van der Waals surface area contributed by atoms with E-state index in [1.807, 2.05) is 0 Å². The summed E-state index contributed by atoms with van der Waals surface area (Å²) >= 11 is 18.0. The summed E-state index contributed by atoms with van der Waals surface area (Å²) in [6, 6.07) is 6.95. The summed E-state index contributed by atoms with van der Waals surface area (Å²) in [5.41, 5.74) is 0.569. The van der Waals surface area contributed by atoms with Gasteiger partial charge in [-0.05, 0) is 43.3 Å². The maximum Gasteiger partial charge on any atom is 0.294 e. The minimum absolute atomic E-state index is 0.0142. The van der Waals surface area contributed by atoms with E-state index >= 15 is 0 Å². The fourth-order valence-electron chi connectivity index (χ4n) is 2.36. The zero-order chi connectivity index (χ0) is 20.6. The van der Waals surface area contributed by atoms with Crippen molar-refractivity contribution < 1.29 is 17.8 Å². The second-order valence-electron chi connectivity index (χ2n) is 5.69. The van der Waals surface area contributed by atoms with Crippen LogP contribution in [0.5, 0.6) is 0 Å². The molecule has 146 valence electrons. The van der Waals surface area contributed by atoms with E-state index in [4.69, 9.17) is 34.8 Å². The molecule has 3 rings (SSSR count). The van der Waals surface area contributed by atoms with Gasteiger partial charge in [0.05, 0.1) is 26.3 Å². The number of azo groups is 1. The highest BCUT2D eigenvalue weighted by Crippen LogP contribution is 2.33. The van der Waals surface area contributed by atoms with Gasteiger partial charge in [0.1, 0.15) is 5.69 Å². The average molecular weight is 462 g/mol. The molecule has 12 heteroatoms. The summed E-state index contributed by atoms with van der Waals surface area (Å²) in [6.07, 6.45) is 0. The van der Waals surface area contributed by atoms with Crippen molar-refractivity contribution in [3.05, 3.63) is 51.5 Å². The first kappa shape index (κ1) is 20.7. The standard InChI is InChI=1S/C16H11Cl3N4O4S/c1-8-15(21-20-13-6-9(17)2-4-11(13)18)16(24)23(22-8)14-7-10(28(25,26)27)3-5-12(14)19/h2-7,15H,1H3,(H,25,26,27). The van der Waals surface area contributed by atoms with Crippen molar-refractivity contribution in [2.45, 2.75) is 17.9 Å². The zero-order valence-electron chi connectivity index (χ0n) is 14.0. The third-order valence-electron chi connectivity index (χ3n) is 3.73. The van der Waals surface area contributed by atoms with Gasteiger partial charge in [-0.3, -0.25) is 9.35 Å². The Morgan fingerprint density at radius 3 is 2.46 bits per heavy atom. The number of amides is 1. The Hall–Kier alpha value is -2.04. The molecule has 0 fully saturated rings. The maximum absolute atomic E-state index is 12.7. The highest BCUT2D eigenvalue weighted by atomic mass is 35.5. The number of halogens is 3. The van der Waals surface area contributed by atoms with Gasteiger partial charge in [0.2, 0.25) is 0 Å². The van der Waals surface area contributed by atoms with E-state index in [-0.39, 0.29) is 16.4 Å². The molecular weight excluding hydrogens is 451 g/mol. The molecule has 0 radical (unpaired) electrons. The number of carbonyl (C=O) groups is 1. The minimum atomic E-state index is -4.49. The molecule has 0 aromatic heterocycles. The van der Waals surface area contributed by atoms with Crippen molar-refractivity contribution in [2.75, 3.05) is 5.01 Å². The predicted octanol–water partition coefficient (Wildman–Crippen LogP) is 4.77. The lowest BCUT2D eigenvalue weighted by Gasteiger charge is -2.15. The van der Waals surface area contributed by atoms with E-state index in [1.54, 1.807) is 19.1 Å². The first-order chi connectivity index (χ1) is 13.1. The highest BCUT2D eigenvalue weighted by molar-refractivity contribution is 7.85. The zero-order valence-corrected chi connectivity index (χ0v) is 17.1. The quantitative estimate of drug-likeness (QED) is 0.522. The first-order valence-electron chi connectivity index (χ1n) is 7.60. The Balaban J connectivity index is 1.93. The molecule has 0 saturated carbocycles. The lowest BCUT2D eigenvalue weighted by Crippen LogP contribution is -2.30. The molecule has 28 heavy (non-hydrogen) atoms. The van der Waals surface area contributed by atoms with Crippen LogP contribution in [0.1, 0.15) is 6.92 Å². The van der Waals surface area contributed by atoms with Crippen LogP contribution in [0.15, 0.2) is 56.6 Å². The van der Waals surface area contributed by atoms with E-state index in [0.29, 0.717) is 15.8 Å². The van der Waals surface area contributed by atoms with Gasteiger partial charge < -0.3 is 0 Å². The number of nitrogens with zero attached hydrogens (tertiary/aromatic N) is 4. The van der Waals surface area contributed by atoms with Crippen molar-refractivity contribution in [2.24, 2.45) is 15.3 Å². The van der Waals surface area contributed by atoms with E-state index < -0.39 is 27.0 Å². The number of benzene rings is 2. The van der Waals surface area contributed by atoms with E-state index in [2.05, 4.69) is 15.3 Å². The molecule has 1 N–H and O–H groups in total. The second-order valence-corrected chi connectivity index (χ2v) is 8.37. The van der Waals surface area contributed by atoms with Gasteiger partial charge in [-0.2, -0.15) is 28.8 Å². The minimum Gasteiger partial charge on any atom is -0.282 e. The maximum atomic E-state index is 12.7. The molecule has 1 atom stereocenters. The summed E-state index contributed by atoms with van der Waals surface area (Å²) in [7, 11) is -4.49. The smallest absolute Gasteiger partial charge is 0.282 e. The van der Waals surface area contributed by atoms with Crippen LogP contribution in [0.25, 0.3) is 0 Å². The van der Waals surface area contributed by atoms with Gasteiger partial charge >= 0.3 is 0 Å². The van der Waals surface area contributed by atoms with Crippen molar-refractivity contribution >= 4 is 67.9 Å². The third-order valence-corrected chi connectivity index (χ3v) is 5.45. The molecule has 2 aromatic carbocycles. The fourth-order valence-corrected chi connectivity index (χ4v) is 3.38. The Morgan fingerprint density at radius 1 is 1.11 bits per heavy atom. The Kier molecular flexibility index (Phi) is 5.74. The predicted molar refractivity (Wildman–Crippen MR) is 107 cm³/mol. The van der Waals surface area contributed by atoms with Gasteiger partial charge in [-0.15, -0.1) is 0 Å². The highest BCUT2D eigenvalue weighted by Gasteiger charge is 2.36. The van der Waals surface area contributed by atoms with Crippen LogP contribution in [-0.2, 0) is 14.9 Å². The number of hydrogen-bond acceptors (Lipinski definition) is 6. The van der Waals surface area contributed by atoms with Crippen molar-refractivity contribution in [3.63, 3.8) is 0 Å². The van der Waals surface area contributed by atoms with Crippen LogP contribution in [0.4, 0.5) is 11.4 Å². The van der Waals surface area contributed by atoms with Gasteiger partial charge in [0.15, 0.2) is 6.04 Å². The van der Waals surface area contributed by atoms with Crippen molar-refractivity contribution in [1.29, 1.82) is 0 Å². The van der Waals surface area contributed by atoms with Crippen LogP contribution in [0.2, 0.25) is 15.1 Å². The average Bonchev–Trinajstić information content (AvgIpc) is 2.89. The molecule has 8 nitrogen and oxygen atoms in total. The van der Waals surface area contributed by atoms with Crippen LogP contribution >= 0.6 is 34.8 Å². The molecule has 1 amide bonds. The Labute approximate surface area is 175 Å². The molecule has 1 aliphatic rings.